The van der Waals surface area contributed by atoms with Gasteiger partial charge in [-0.25, -0.2) is 4.79 Å². The molecule has 33 heavy (non-hydrogen) atoms. The lowest BCUT2D eigenvalue weighted by molar-refractivity contribution is -0.136. The van der Waals surface area contributed by atoms with E-state index in [0.717, 1.165) is 23.7 Å². The van der Waals surface area contributed by atoms with Crippen LogP contribution in [0.2, 0.25) is 0 Å². The first-order valence-corrected chi connectivity index (χ1v) is 11.3. The molecule has 4 heterocycles. The summed E-state index contributed by atoms with van der Waals surface area (Å²) in [5.74, 6) is -2.04. The first-order valence-electron chi connectivity index (χ1n) is 11.3. The van der Waals surface area contributed by atoms with E-state index >= 15 is 0 Å². The number of nitrogens with zero attached hydrogens (tertiary/aromatic N) is 4. The van der Waals surface area contributed by atoms with Gasteiger partial charge in [0.05, 0.1) is 11.1 Å². The number of hydrogen-bond acceptors (Lipinski definition) is 7. The second-order valence-electron chi connectivity index (χ2n) is 8.67. The van der Waals surface area contributed by atoms with Crippen molar-refractivity contribution in [3.05, 3.63) is 29.3 Å². The van der Waals surface area contributed by atoms with Gasteiger partial charge in [0, 0.05) is 64.5 Å². The number of urea groups is 1. The highest BCUT2D eigenvalue weighted by Crippen LogP contribution is 2.31. The number of rotatable bonds is 2. The van der Waals surface area contributed by atoms with Crippen LogP contribution in [0.15, 0.2) is 18.2 Å². The number of amides is 6. The summed E-state index contributed by atoms with van der Waals surface area (Å²) >= 11 is 0. The molecule has 0 aliphatic carbocycles. The van der Waals surface area contributed by atoms with Crippen LogP contribution in [-0.4, -0.2) is 103 Å². The predicted molar refractivity (Wildman–Crippen MR) is 117 cm³/mol. The number of piperazine rings is 2. The standard InChI is InChI=1S/C22H26N6O5/c29-18-4-3-17(19(30)24-18)28-20(31)15-2-1-14(13-16(15)21(28)32)25-9-11-27(12-10-25)22(33)26-7-5-23-6-8-26/h1-2,13,17,23H,3-12H2,(H,24,29,30). The van der Waals surface area contributed by atoms with E-state index in [2.05, 4.69) is 15.5 Å². The van der Waals surface area contributed by atoms with Crippen LogP contribution >= 0.6 is 0 Å². The van der Waals surface area contributed by atoms with Crippen LogP contribution in [0.25, 0.3) is 0 Å². The van der Waals surface area contributed by atoms with Crippen LogP contribution in [0.4, 0.5) is 10.5 Å². The Labute approximate surface area is 190 Å². The Morgan fingerprint density at radius 3 is 2.21 bits per heavy atom. The lowest BCUT2D eigenvalue weighted by Crippen LogP contribution is -2.56. The fourth-order valence-corrected chi connectivity index (χ4v) is 4.87. The third-order valence-electron chi connectivity index (χ3n) is 6.73. The van der Waals surface area contributed by atoms with Crippen molar-refractivity contribution >= 4 is 35.3 Å². The van der Waals surface area contributed by atoms with Gasteiger partial charge in [-0.2, -0.15) is 0 Å². The van der Waals surface area contributed by atoms with E-state index in [4.69, 9.17) is 0 Å². The molecule has 6 amide bonds. The average molecular weight is 454 g/mol. The van der Waals surface area contributed by atoms with Crippen molar-refractivity contribution in [3.63, 3.8) is 0 Å². The Hall–Kier alpha value is -3.47. The minimum absolute atomic E-state index is 0.0609. The molecular formula is C22H26N6O5. The van der Waals surface area contributed by atoms with Gasteiger partial charge in [-0.15, -0.1) is 0 Å². The lowest BCUT2D eigenvalue weighted by atomic mass is 10.0. The second-order valence-corrected chi connectivity index (χ2v) is 8.67. The van der Waals surface area contributed by atoms with Gasteiger partial charge in [-0.1, -0.05) is 0 Å². The molecule has 0 bridgehead atoms. The highest BCUT2D eigenvalue weighted by atomic mass is 16.2. The molecule has 174 valence electrons. The van der Waals surface area contributed by atoms with Crippen LogP contribution in [0.5, 0.6) is 0 Å². The molecule has 0 radical (unpaired) electrons. The molecule has 0 aromatic heterocycles. The smallest absolute Gasteiger partial charge is 0.320 e. The SMILES string of the molecule is O=C1CCC(N2C(=O)c3ccc(N4CCN(C(=O)N5CCNCC5)CC4)cc3C2=O)C(=O)N1. The maximum atomic E-state index is 13.0. The molecule has 1 aromatic carbocycles. The summed E-state index contributed by atoms with van der Waals surface area (Å²) < 4.78 is 0. The summed E-state index contributed by atoms with van der Waals surface area (Å²) in [7, 11) is 0. The number of anilines is 1. The lowest BCUT2D eigenvalue weighted by Gasteiger charge is -2.39. The van der Waals surface area contributed by atoms with Crippen molar-refractivity contribution in [3.8, 4) is 0 Å². The summed E-state index contributed by atoms with van der Waals surface area (Å²) in [6.07, 6.45) is 0.220. The van der Waals surface area contributed by atoms with Gasteiger partial charge >= 0.3 is 6.03 Å². The Morgan fingerprint density at radius 1 is 0.848 bits per heavy atom. The Balaban J connectivity index is 1.27. The van der Waals surface area contributed by atoms with E-state index in [1.54, 1.807) is 18.2 Å². The minimum atomic E-state index is -0.974. The number of carbonyl (C=O) groups is 5. The van der Waals surface area contributed by atoms with Crippen molar-refractivity contribution in [2.75, 3.05) is 57.3 Å². The number of carbonyl (C=O) groups excluding carboxylic acids is 5. The monoisotopic (exact) mass is 454 g/mol. The fourth-order valence-electron chi connectivity index (χ4n) is 4.87. The van der Waals surface area contributed by atoms with Gasteiger partial charge in [0.1, 0.15) is 6.04 Å². The highest BCUT2D eigenvalue weighted by molar-refractivity contribution is 6.23. The van der Waals surface area contributed by atoms with Gasteiger partial charge in [-0.3, -0.25) is 29.4 Å². The third-order valence-corrected chi connectivity index (χ3v) is 6.73. The molecule has 1 atom stereocenters. The number of nitrogens with one attached hydrogen (secondary N) is 2. The van der Waals surface area contributed by atoms with Crippen LogP contribution in [0.3, 0.4) is 0 Å². The van der Waals surface area contributed by atoms with Gasteiger partial charge in [0.25, 0.3) is 11.8 Å². The van der Waals surface area contributed by atoms with Crippen LogP contribution in [0, 0.1) is 0 Å². The molecule has 4 aliphatic rings. The Kier molecular flexibility index (Phi) is 5.49. The number of fused-ring (bicyclic) bond motifs is 1. The van der Waals surface area contributed by atoms with Gasteiger partial charge < -0.3 is 20.0 Å². The number of imide groups is 2. The van der Waals surface area contributed by atoms with E-state index < -0.39 is 29.7 Å². The van der Waals surface area contributed by atoms with Crippen molar-refractivity contribution in [2.24, 2.45) is 0 Å². The summed E-state index contributed by atoms with van der Waals surface area (Å²) in [6.45, 7) is 5.44. The van der Waals surface area contributed by atoms with E-state index in [9.17, 15) is 24.0 Å². The van der Waals surface area contributed by atoms with Crippen LogP contribution in [-0.2, 0) is 9.59 Å². The molecule has 1 aromatic rings. The van der Waals surface area contributed by atoms with Crippen molar-refractivity contribution in [1.29, 1.82) is 0 Å². The van der Waals surface area contributed by atoms with Crippen molar-refractivity contribution in [2.45, 2.75) is 18.9 Å². The molecule has 0 saturated carbocycles. The third kappa shape index (κ3) is 3.82. The normalized spacial score (nSPS) is 23.7. The van der Waals surface area contributed by atoms with Crippen LogP contribution in [0.1, 0.15) is 33.6 Å². The van der Waals surface area contributed by atoms with E-state index in [0.29, 0.717) is 39.3 Å². The zero-order valence-corrected chi connectivity index (χ0v) is 18.2. The zero-order chi connectivity index (χ0) is 23.1. The van der Waals surface area contributed by atoms with Crippen molar-refractivity contribution in [1.82, 2.24) is 25.3 Å². The zero-order valence-electron chi connectivity index (χ0n) is 18.2. The van der Waals surface area contributed by atoms with Gasteiger partial charge in [0.15, 0.2) is 0 Å². The van der Waals surface area contributed by atoms with Gasteiger partial charge in [0.2, 0.25) is 11.8 Å². The second kappa shape index (κ2) is 8.47. The number of benzene rings is 1. The highest BCUT2D eigenvalue weighted by Gasteiger charge is 2.44. The van der Waals surface area contributed by atoms with E-state index in [1.807, 2.05) is 9.80 Å². The van der Waals surface area contributed by atoms with E-state index in [-0.39, 0.29) is 30.0 Å². The molecule has 0 spiro atoms. The average Bonchev–Trinajstić information content (AvgIpc) is 3.09. The summed E-state index contributed by atoms with van der Waals surface area (Å²) in [5, 5.41) is 5.45. The van der Waals surface area contributed by atoms with Crippen molar-refractivity contribution < 1.29 is 24.0 Å². The predicted octanol–water partition coefficient (Wildman–Crippen LogP) is -0.765. The molecule has 2 N–H and O–H groups in total. The molecule has 11 heteroatoms. The topological polar surface area (TPSA) is 122 Å². The number of piperidine rings is 1. The molecule has 5 rings (SSSR count). The molecule has 1 unspecified atom stereocenters. The maximum absolute atomic E-state index is 13.0. The number of hydrogen-bond donors (Lipinski definition) is 2. The Bertz CT molecular complexity index is 1030. The largest absolute Gasteiger partial charge is 0.368 e. The fraction of sp³-hybridized carbons (Fsp3) is 0.500. The first kappa shape index (κ1) is 21.4. The van der Waals surface area contributed by atoms with Gasteiger partial charge in [-0.05, 0) is 24.6 Å². The molecule has 3 saturated heterocycles. The molecular weight excluding hydrogens is 428 g/mol. The summed E-state index contributed by atoms with van der Waals surface area (Å²) in [4.78, 5) is 69.1. The molecule has 11 nitrogen and oxygen atoms in total. The molecule has 3 fully saturated rings. The minimum Gasteiger partial charge on any atom is -0.368 e. The summed E-state index contributed by atoms with van der Waals surface area (Å²) in [6, 6.07) is 4.19. The Morgan fingerprint density at radius 2 is 1.52 bits per heavy atom. The summed E-state index contributed by atoms with van der Waals surface area (Å²) in [5.41, 5.74) is 1.33. The maximum Gasteiger partial charge on any atom is 0.320 e. The van der Waals surface area contributed by atoms with E-state index in [1.165, 1.54) is 0 Å². The first-order chi connectivity index (χ1) is 15.9. The quantitative estimate of drug-likeness (QED) is 0.563. The molecule has 4 aliphatic heterocycles. The van der Waals surface area contributed by atoms with Crippen LogP contribution < -0.4 is 15.5 Å².